The Bertz CT molecular complexity index is 552. The molecule has 0 aliphatic carbocycles. The third kappa shape index (κ3) is 2.96. The summed E-state index contributed by atoms with van der Waals surface area (Å²) in [6.45, 7) is 3.16. The summed E-state index contributed by atoms with van der Waals surface area (Å²) in [6.07, 6.45) is 1.73. The number of hydrogen-bond acceptors (Lipinski definition) is 3. The maximum Gasteiger partial charge on any atom is 0.243 e. The molecule has 1 saturated heterocycles. The zero-order valence-corrected chi connectivity index (χ0v) is 11.8. The lowest BCUT2D eigenvalue weighted by Gasteiger charge is -2.29. The van der Waals surface area contributed by atoms with Gasteiger partial charge in [-0.25, -0.2) is 12.8 Å². The van der Waals surface area contributed by atoms with Crippen molar-refractivity contribution < 1.29 is 12.8 Å². The summed E-state index contributed by atoms with van der Waals surface area (Å²) in [5.74, 6) is 0.0907. The number of rotatable bonds is 3. The van der Waals surface area contributed by atoms with Gasteiger partial charge >= 0.3 is 0 Å². The molecular weight excluding hydrogens is 267 g/mol. The summed E-state index contributed by atoms with van der Waals surface area (Å²) in [5, 5.41) is 0. The van der Waals surface area contributed by atoms with Crippen LogP contribution >= 0.6 is 0 Å². The number of hydrogen-bond donors (Lipinski definition) is 1. The summed E-state index contributed by atoms with van der Waals surface area (Å²) >= 11 is 0. The first kappa shape index (κ1) is 14.4. The highest BCUT2D eigenvalue weighted by atomic mass is 32.2. The summed E-state index contributed by atoms with van der Waals surface area (Å²) in [5.41, 5.74) is 5.64. The summed E-state index contributed by atoms with van der Waals surface area (Å²) in [7, 11) is -3.52. The van der Waals surface area contributed by atoms with Crippen LogP contribution in [0.4, 0.5) is 4.39 Å². The Balaban J connectivity index is 2.29. The van der Waals surface area contributed by atoms with Gasteiger partial charge in [-0.15, -0.1) is 0 Å². The highest BCUT2D eigenvalue weighted by molar-refractivity contribution is 7.89. The van der Waals surface area contributed by atoms with Gasteiger partial charge in [0.1, 0.15) is 5.82 Å². The largest absolute Gasteiger partial charge is 0.326 e. The quantitative estimate of drug-likeness (QED) is 0.920. The molecule has 2 rings (SSSR count). The van der Waals surface area contributed by atoms with E-state index in [1.54, 1.807) is 0 Å². The SMILES string of the molecule is CC1CCN(S(=O)(=O)c2ccc(F)c(CN)c2)CC1. The van der Waals surface area contributed by atoms with Crippen molar-refractivity contribution in [1.29, 1.82) is 0 Å². The molecule has 2 N–H and O–H groups in total. The van der Waals surface area contributed by atoms with Crippen LogP contribution in [0.3, 0.4) is 0 Å². The summed E-state index contributed by atoms with van der Waals surface area (Å²) in [4.78, 5) is 0.129. The minimum absolute atomic E-state index is 0.00771. The fourth-order valence-corrected chi connectivity index (χ4v) is 3.76. The molecule has 19 heavy (non-hydrogen) atoms. The van der Waals surface area contributed by atoms with E-state index < -0.39 is 15.8 Å². The fraction of sp³-hybridized carbons (Fsp3) is 0.538. The van der Waals surface area contributed by atoms with Gasteiger partial charge in [0.05, 0.1) is 4.90 Å². The molecule has 1 aliphatic rings. The predicted molar refractivity (Wildman–Crippen MR) is 71.4 cm³/mol. The normalized spacial score (nSPS) is 18.7. The van der Waals surface area contributed by atoms with Crippen molar-refractivity contribution in [1.82, 2.24) is 4.31 Å². The van der Waals surface area contributed by atoms with E-state index in [0.29, 0.717) is 19.0 Å². The van der Waals surface area contributed by atoms with E-state index in [4.69, 9.17) is 5.73 Å². The number of halogens is 1. The molecule has 4 nitrogen and oxygen atoms in total. The maximum absolute atomic E-state index is 13.4. The van der Waals surface area contributed by atoms with Crippen LogP contribution in [0.2, 0.25) is 0 Å². The fourth-order valence-electron chi connectivity index (χ4n) is 2.24. The van der Waals surface area contributed by atoms with Crippen molar-refractivity contribution in [3.63, 3.8) is 0 Å². The highest BCUT2D eigenvalue weighted by Crippen LogP contribution is 2.24. The minimum Gasteiger partial charge on any atom is -0.326 e. The van der Waals surface area contributed by atoms with E-state index in [0.717, 1.165) is 12.8 Å². The Morgan fingerprint density at radius 1 is 1.37 bits per heavy atom. The van der Waals surface area contributed by atoms with Gasteiger partial charge in [-0.3, -0.25) is 0 Å². The Morgan fingerprint density at radius 2 is 2.00 bits per heavy atom. The maximum atomic E-state index is 13.4. The molecule has 106 valence electrons. The van der Waals surface area contributed by atoms with Crippen LogP contribution in [0.5, 0.6) is 0 Å². The van der Waals surface area contributed by atoms with Crippen molar-refractivity contribution >= 4 is 10.0 Å². The van der Waals surface area contributed by atoms with E-state index >= 15 is 0 Å². The molecule has 6 heteroatoms. The highest BCUT2D eigenvalue weighted by Gasteiger charge is 2.28. The average Bonchev–Trinajstić information content (AvgIpc) is 2.39. The molecule has 0 amide bonds. The molecule has 0 atom stereocenters. The summed E-state index contributed by atoms with van der Waals surface area (Å²) < 4.78 is 39.7. The van der Waals surface area contributed by atoms with Crippen LogP contribution in [0.1, 0.15) is 25.3 Å². The second-order valence-corrected chi connectivity index (χ2v) is 6.98. The van der Waals surface area contributed by atoms with Crippen LogP contribution < -0.4 is 5.73 Å². The monoisotopic (exact) mass is 286 g/mol. The van der Waals surface area contributed by atoms with Crippen molar-refractivity contribution in [3.8, 4) is 0 Å². The number of sulfonamides is 1. The number of nitrogens with zero attached hydrogens (tertiary/aromatic N) is 1. The van der Waals surface area contributed by atoms with E-state index in [1.807, 2.05) is 0 Å². The topological polar surface area (TPSA) is 63.4 Å². The molecule has 1 aromatic rings. The molecule has 0 aromatic heterocycles. The van der Waals surface area contributed by atoms with Gasteiger partial charge in [-0.05, 0) is 37.0 Å². The first-order chi connectivity index (χ1) is 8.95. The molecule has 0 bridgehead atoms. The molecular formula is C13H19FN2O2S. The average molecular weight is 286 g/mol. The first-order valence-corrected chi connectivity index (χ1v) is 7.88. The number of nitrogens with two attached hydrogens (primary N) is 1. The van der Waals surface area contributed by atoms with E-state index in [9.17, 15) is 12.8 Å². The minimum atomic E-state index is -3.52. The van der Waals surface area contributed by atoms with Crippen LogP contribution in [0, 0.1) is 11.7 Å². The van der Waals surface area contributed by atoms with Crippen molar-refractivity contribution in [2.45, 2.75) is 31.2 Å². The first-order valence-electron chi connectivity index (χ1n) is 6.44. The van der Waals surface area contributed by atoms with Crippen LogP contribution in [0.15, 0.2) is 23.1 Å². The number of piperidine rings is 1. The van der Waals surface area contributed by atoms with Gasteiger partial charge in [0, 0.05) is 25.2 Å². The molecule has 1 aromatic carbocycles. The second kappa shape index (κ2) is 5.56. The van der Waals surface area contributed by atoms with Crippen molar-refractivity contribution in [3.05, 3.63) is 29.6 Å². The van der Waals surface area contributed by atoms with Crippen molar-refractivity contribution in [2.75, 3.05) is 13.1 Å². The van der Waals surface area contributed by atoms with Gasteiger partial charge in [0.25, 0.3) is 0 Å². The zero-order valence-electron chi connectivity index (χ0n) is 11.0. The van der Waals surface area contributed by atoms with E-state index in [-0.39, 0.29) is 17.0 Å². The Kier molecular flexibility index (Phi) is 4.23. The molecule has 1 aliphatic heterocycles. The Hall–Kier alpha value is -0.980. The van der Waals surface area contributed by atoms with E-state index in [2.05, 4.69) is 6.92 Å². The lowest BCUT2D eigenvalue weighted by molar-refractivity contribution is 0.288. The van der Waals surface area contributed by atoms with Gasteiger partial charge in [-0.1, -0.05) is 6.92 Å². The predicted octanol–water partition coefficient (Wildman–Crippen LogP) is 1.71. The van der Waals surface area contributed by atoms with Crippen LogP contribution in [0.25, 0.3) is 0 Å². The van der Waals surface area contributed by atoms with Crippen LogP contribution in [-0.2, 0) is 16.6 Å². The third-order valence-corrected chi connectivity index (χ3v) is 5.51. The number of benzene rings is 1. The molecule has 0 saturated carbocycles. The van der Waals surface area contributed by atoms with Gasteiger partial charge in [0.2, 0.25) is 10.0 Å². The molecule has 0 spiro atoms. The zero-order chi connectivity index (χ0) is 14.0. The Morgan fingerprint density at radius 3 is 2.58 bits per heavy atom. The molecule has 1 heterocycles. The molecule has 0 unspecified atom stereocenters. The molecule has 1 fully saturated rings. The second-order valence-electron chi connectivity index (χ2n) is 5.04. The third-order valence-electron chi connectivity index (χ3n) is 3.62. The van der Waals surface area contributed by atoms with Gasteiger partial charge < -0.3 is 5.73 Å². The standard InChI is InChI=1S/C13H19FN2O2S/c1-10-4-6-16(7-5-10)19(17,18)12-2-3-13(14)11(8-12)9-15/h2-3,8,10H,4-7,9,15H2,1H3. The van der Waals surface area contributed by atoms with Crippen LogP contribution in [-0.4, -0.2) is 25.8 Å². The van der Waals surface area contributed by atoms with Gasteiger partial charge in [0.15, 0.2) is 0 Å². The van der Waals surface area contributed by atoms with Crippen molar-refractivity contribution in [2.24, 2.45) is 11.7 Å². The van der Waals surface area contributed by atoms with E-state index in [1.165, 1.54) is 22.5 Å². The lowest BCUT2D eigenvalue weighted by Crippen LogP contribution is -2.37. The van der Waals surface area contributed by atoms with Gasteiger partial charge in [-0.2, -0.15) is 4.31 Å². The lowest BCUT2D eigenvalue weighted by atomic mass is 10.0. The summed E-state index contributed by atoms with van der Waals surface area (Å²) in [6, 6.07) is 3.81. The molecule has 0 radical (unpaired) electrons. The smallest absolute Gasteiger partial charge is 0.243 e. The Labute approximate surface area is 113 Å².